The third-order valence-corrected chi connectivity index (χ3v) is 2.42. The van der Waals surface area contributed by atoms with Gasteiger partial charge in [0.2, 0.25) is 0 Å². The van der Waals surface area contributed by atoms with Crippen molar-refractivity contribution in [3.63, 3.8) is 0 Å². The topological polar surface area (TPSA) is 53.1 Å². The Bertz CT molecular complexity index is 314. The van der Waals surface area contributed by atoms with Gasteiger partial charge in [-0.2, -0.15) is 0 Å². The van der Waals surface area contributed by atoms with Crippen LogP contribution in [0, 0.1) is 0 Å². The van der Waals surface area contributed by atoms with E-state index >= 15 is 0 Å². The molecule has 1 aromatic heterocycles. The van der Waals surface area contributed by atoms with Gasteiger partial charge >= 0.3 is 5.97 Å². The van der Waals surface area contributed by atoms with Crippen LogP contribution in [0.4, 0.5) is 0 Å². The molecule has 0 unspecified atom stereocenters. The summed E-state index contributed by atoms with van der Waals surface area (Å²) in [6, 6.07) is 0. The SMILES string of the molecule is O=C(O)c1[nH]cc2c1CCCC2. The van der Waals surface area contributed by atoms with Crippen molar-refractivity contribution in [1.29, 1.82) is 0 Å². The molecule has 1 aliphatic carbocycles. The van der Waals surface area contributed by atoms with Gasteiger partial charge in [-0.15, -0.1) is 0 Å². The molecule has 1 aromatic rings. The Balaban J connectivity index is 2.44. The number of carboxylic acid groups (broad SMARTS) is 1. The van der Waals surface area contributed by atoms with Gasteiger partial charge in [0, 0.05) is 6.20 Å². The fourth-order valence-electron chi connectivity index (χ4n) is 1.81. The minimum absolute atomic E-state index is 0.393. The first-order valence-corrected chi connectivity index (χ1v) is 4.21. The summed E-state index contributed by atoms with van der Waals surface area (Å²) < 4.78 is 0. The molecule has 0 amide bonds. The van der Waals surface area contributed by atoms with E-state index in [0.29, 0.717) is 5.69 Å². The predicted octanol–water partition coefficient (Wildman–Crippen LogP) is 1.59. The maximum Gasteiger partial charge on any atom is 0.352 e. The predicted molar refractivity (Wildman–Crippen MR) is 44.4 cm³/mol. The molecular formula is C9H11NO2. The van der Waals surface area contributed by atoms with E-state index in [4.69, 9.17) is 5.11 Å². The number of H-pyrrole nitrogens is 1. The highest BCUT2D eigenvalue weighted by atomic mass is 16.4. The largest absolute Gasteiger partial charge is 0.477 e. The average molecular weight is 165 g/mol. The molecule has 0 spiro atoms. The standard InChI is InChI=1S/C9H11NO2/c11-9(12)8-7-4-2-1-3-6(7)5-10-8/h5,10H,1-4H2,(H,11,12). The number of carbonyl (C=O) groups is 1. The van der Waals surface area contributed by atoms with Gasteiger partial charge in [-0.25, -0.2) is 4.79 Å². The minimum Gasteiger partial charge on any atom is -0.477 e. The number of aromatic amines is 1. The molecular weight excluding hydrogens is 154 g/mol. The van der Waals surface area contributed by atoms with Gasteiger partial charge in [-0.05, 0) is 36.8 Å². The summed E-state index contributed by atoms with van der Waals surface area (Å²) in [5, 5.41) is 8.80. The Hall–Kier alpha value is -1.25. The second kappa shape index (κ2) is 2.66. The Morgan fingerprint density at radius 1 is 1.42 bits per heavy atom. The second-order valence-corrected chi connectivity index (χ2v) is 3.18. The van der Waals surface area contributed by atoms with Crippen molar-refractivity contribution in [2.24, 2.45) is 0 Å². The Kier molecular flexibility index (Phi) is 1.64. The van der Waals surface area contributed by atoms with Crippen LogP contribution in [-0.4, -0.2) is 16.1 Å². The molecule has 0 aliphatic heterocycles. The summed E-state index contributed by atoms with van der Waals surface area (Å²) in [7, 11) is 0. The summed E-state index contributed by atoms with van der Waals surface area (Å²) in [6.07, 6.45) is 6.08. The van der Waals surface area contributed by atoms with Crippen molar-refractivity contribution in [2.75, 3.05) is 0 Å². The van der Waals surface area contributed by atoms with Gasteiger partial charge in [0.05, 0.1) is 0 Å². The van der Waals surface area contributed by atoms with E-state index in [-0.39, 0.29) is 0 Å². The van der Waals surface area contributed by atoms with E-state index in [1.807, 2.05) is 6.20 Å². The number of aryl methyl sites for hydroxylation is 1. The number of hydrogen-bond acceptors (Lipinski definition) is 1. The molecule has 3 nitrogen and oxygen atoms in total. The molecule has 1 aliphatic rings. The van der Waals surface area contributed by atoms with Crippen LogP contribution in [0.1, 0.15) is 34.5 Å². The van der Waals surface area contributed by atoms with Gasteiger partial charge in [0.25, 0.3) is 0 Å². The molecule has 2 rings (SSSR count). The Morgan fingerprint density at radius 2 is 2.17 bits per heavy atom. The number of fused-ring (bicyclic) bond motifs is 1. The lowest BCUT2D eigenvalue weighted by Gasteiger charge is -2.10. The summed E-state index contributed by atoms with van der Waals surface area (Å²) >= 11 is 0. The quantitative estimate of drug-likeness (QED) is 0.664. The van der Waals surface area contributed by atoms with E-state index in [9.17, 15) is 4.79 Å². The van der Waals surface area contributed by atoms with E-state index < -0.39 is 5.97 Å². The number of aromatic carboxylic acids is 1. The van der Waals surface area contributed by atoms with Gasteiger partial charge < -0.3 is 10.1 Å². The van der Waals surface area contributed by atoms with E-state index in [1.54, 1.807) is 0 Å². The molecule has 0 radical (unpaired) electrons. The van der Waals surface area contributed by atoms with E-state index in [0.717, 1.165) is 24.8 Å². The fourth-order valence-corrected chi connectivity index (χ4v) is 1.81. The molecule has 12 heavy (non-hydrogen) atoms. The van der Waals surface area contributed by atoms with Crippen LogP contribution in [0.3, 0.4) is 0 Å². The van der Waals surface area contributed by atoms with Crippen molar-refractivity contribution >= 4 is 5.97 Å². The number of nitrogens with one attached hydrogen (secondary N) is 1. The Labute approximate surface area is 70.4 Å². The van der Waals surface area contributed by atoms with Crippen LogP contribution in [0.15, 0.2) is 6.20 Å². The smallest absolute Gasteiger partial charge is 0.352 e. The highest BCUT2D eigenvalue weighted by Crippen LogP contribution is 2.23. The molecule has 1 heterocycles. The van der Waals surface area contributed by atoms with E-state index in [2.05, 4.69) is 4.98 Å². The number of rotatable bonds is 1. The number of hydrogen-bond donors (Lipinski definition) is 2. The van der Waals surface area contributed by atoms with Crippen molar-refractivity contribution < 1.29 is 9.90 Å². The number of aromatic nitrogens is 1. The zero-order chi connectivity index (χ0) is 8.55. The van der Waals surface area contributed by atoms with E-state index in [1.165, 1.54) is 12.0 Å². The summed E-state index contributed by atoms with van der Waals surface area (Å²) in [5.74, 6) is -0.835. The van der Waals surface area contributed by atoms with Crippen LogP contribution in [0.25, 0.3) is 0 Å². The first-order valence-electron chi connectivity index (χ1n) is 4.21. The zero-order valence-corrected chi connectivity index (χ0v) is 6.76. The monoisotopic (exact) mass is 165 g/mol. The molecule has 0 bridgehead atoms. The Morgan fingerprint density at radius 3 is 2.92 bits per heavy atom. The molecule has 0 atom stereocenters. The average Bonchev–Trinajstić information content (AvgIpc) is 2.47. The molecule has 0 saturated heterocycles. The van der Waals surface area contributed by atoms with Crippen molar-refractivity contribution in [2.45, 2.75) is 25.7 Å². The lowest BCUT2D eigenvalue weighted by Crippen LogP contribution is -2.06. The van der Waals surface area contributed by atoms with Crippen LogP contribution >= 0.6 is 0 Å². The normalized spacial score (nSPS) is 15.7. The van der Waals surface area contributed by atoms with Crippen LogP contribution < -0.4 is 0 Å². The summed E-state index contributed by atoms with van der Waals surface area (Å²) in [4.78, 5) is 13.5. The maximum absolute atomic E-state index is 10.7. The highest BCUT2D eigenvalue weighted by Gasteiger charge is 2.18. The molecule has 2 N–H and O–H groups in total. The van der Waals surface area contributed by atoms with Crippen molar-refractivity contribution in [3.8, 4) is 0 Å². The first-order chi connectivity index (χ1) is 5.79. The third kappa shape index (κ3) is 1.02. The van der Waals surface area contributed by atoms with Gasteiger partial charge in [-0.1, -0.05) is 0 Å². The molecule has 0 aromatic carbocycles. The molecule has 3 heteroatoms. The minimum atomic E-state index is -0.835. The maximum atomic E-state index is 10.7. The van der Waals surface area contributed by atoms with Crippen molar-refractivity contribution in [3.05, 3.63) is 23.0 Å². The first kappa shape index (κ1) is 7.40. The zero-order valence-electron chi connectivity index (χ0n) is 6.76. The molecule has 0 fully saturated rings. The third-order valence-electron chi connectivity index (χ3n) is 2.42. The van der Waals surface area contributed by atoms with Crippen LogP contribution in [0.2, 0.25) is 0 Å². The summed E-state index contributed by atoms with van der Waals surface area (Å²) in [6.45, 7) is 0. The van der Waals surface area contributed by atoms with Gasteiger partial charge in [0.15, 0.2) is 0 Å². The van der Waals surface area contributed by atoms with Gasteiger partial charge in [-0.3, -0.25) is 0 Å². The number of carboxylic acids is 1. The van der Waals surface area contributed by atoms with Crippen molar-refractivity contribution in [1.82, 2.24) is 4.98 Å². The lowest BCUT2D eigenvalue weighted by atomic mass is 9.94. The molecule has 0 saturated carbocycles. The van der Waals surface area contributed by atoms with Gasteiger partial charge in [0.1, 0.15) is 5.69 Å². The molecule has 64 valence electrons. The lowest BCUT2D eigenvalue weighted by molar-refractivity contribution is 0.0690. The fraction of sp³-hybridized carbons (Fsp3) is 0.444. The second-order valence-electron chi connectivity index (χ2n) is 3.18. The van der Waals surface area contributed by atoms with Crippen LogP contribution in [-0.2, 0) is 12.8 Å². The highest BCUT2D eigenvalue weighted by molar-refractivity contribution is 5.87. The van der Waals surface area contributed by atoms with Crippen LogP contribution in [0.5, 0.6) is 0 Å². The summed E-state index contributed by atoms with van der Waals surface area (Å²) in [5.41, 5.74) is 2.61.